The molecule has 2 aliphatic rings. The van der Waals surface area contributed by atoms with Crippen LogP contribution in [0.1, 0.15) is 36.8 Å². The topological polar surface area (TPSA) is 83.7 Å². The number of H-pyrrole nitrogens is 1. The second kappa shape index (κ2) is 8.34. The predicted octanol–water partition coefficient (Wildman–Crippen LogP) is 3.91. The quantitative estimate of drug-likeness (QED) is 0.657. The molecule has 0 bridgehead atoms. The molecule has 1 aromatic heterocycles. The summed E-state index contributed by atoms with van der Waals surface area (Å²) in [5.74, 6) is 1.29. The van der Waals surface area contributed by atoms with Crippen molar-refractivity contribution in [3.63, 3.8) is 0 Å². The van der Waals surface area contributed by atoms with Gasteiger partial charge in [0, 0.05) is 29.6 Å². The standard InChI is InChI=1S/C24H25N3O4/c28-23-18(10-17-11-21-22(31-15-30-21)12-20(17)26-23)14-27(19-8-4-5-9-19)24(29)25-13-16-6-2-1-3-7-16/h1-3,6-7,10-12,19H,4-5,8-9,13-15H2,(H,25,29)(H,26,28). The van der Waals surface area contributed by atoms with Crippen LogP contribution in [0.3, 0.4) is 0 Å². The van der Waals surface area contributed by atoms with E-state index in [-0.39, 0.29) is 31.0 Å². The van der Waals surface area contributed by atoms with Gasteiger partial charge in [0.1, 0.15) is 0 Å². The summed E-state index contributed by atoms with van der Waals surface area (Å²) in [6, 6.07) is 15.3. The fraction of sp³-hybridized carbons (Fsp3) is 0.333. The summed E-state index contributed by atoms with van der Waals surface area (Å²) in [7, 11) is 0. The Kier molecular flexibility index (Phi) is 5.24. The Hall–Kier alpha value is -3.48. The number of nitrogens with zero attached hydrogens (tertiary/aromatic N) is 1. The monoisotopic (exact) mass is 419 g/mol. The summed E-state index contributed by atoms with van der Waals surface area (Å²) in [6.45, 7) is 0.908. The number of rotatable bonds is 5. The Morgan fingerprint density at radius 1 is 1.06 bits per heavy atom. The van der Waals surface area contributed by atoms with E-state index in [4.69, 9.17) is 9.47 Å². The highest BCUT2D eigenvalue weighted by molar-refractivity contribution is 5.83. The molecule has 7 heteroatoms. The van der Waals surface area contributed by atoms with Crippen molar-refractivity contribution in [2.75, 3.05) is 6.79 Å². The molecular weight excluding hydrogens is 394 g/mol. The zero-order valence-corrected chi connectivity index (χ0v) is 17.2. The van der Waals surface area contributed by atoms with Gasteiger partial charge >= 0.3 is 6.03 Å². The van der Waals surface area contributed by atoms with Crippen LogP contribution in [0.25, 0.3) is 10.9 Å². The fourth-order valence-corrected chi connectivity index (χ4v) is 4.40. The summed E-state index contributed by atoms with van der Waals surface area (Å²) in [5.41, 5.74) is 2.11. The van der Waals surface area contributed by atoms with Gasteiger partial charge < -0.3 is 24.7 Å². The van der Waals surface area contributed by atoms with Crippen LogP contribution in [-0.4, -0.2) is 28.7 Å². The highest BCUT2D eigenvalue weighted by Crippen LogP contribution is 2.35. The molecule has 0 radical (unpaired) electrons. The van der Waals surface area contributed by atoms with E-state index < -0.39 is 0 Å². The predicted molar refractivity (Wildman–Crippen MR) is 117 cm³/mol. The minimum absolute atomic E-state index is 0.138. The van der Waals surface area contributed by atoms with Crippen LogP contribution in [-0.2, 0) is 13.1 Å². The molecule has 2 heterocycles. The van der Waals surface area contributed by atoms with Gasteiger partial charge in [0.25, 0.3) is 5.56 Å². The summed E-state index contributed by atoms with van der Waals surface area (Å²) < 4.78 is 10.9. The Labute approximate surface area is 180 Å². The van der Waals surface area contributed by atoms with Gasteiger partial charge in [-0.1, -0.05) is 43.2 Å². The van der Waals surface area contributed by atoms with Crippen LogP contribution in [0.5, 0.6) is 11.5 Å². The number of fused-ring (bicyclic) bond motifs is 2. The number of amides is 2. The van der Waals surface area contributed by atoms with E-state index in [1.807, 2.05) is 47.4 Å². The van der Waals surface area contributed by atoms with Crippen LogP contribution in [0.15, 0.2) is 53.3 Å². The maximum absolute atomic E-state index is 13.1. The fourth-order valence-electron chi connectivity index (χ4n) is 4.40. The SMILES string of the molecule is O=C(NCc1ccccc1)N(Cc1cc2cc3c(cc2[nH]c1=O)OCO3)C1CCCC1. The van der Waals surface area contributed by atoms with Gasteiger partial charge in [-0.3, -0.25) is 4.79 Å². The Bertz CT molecular complexity index is 1150. The van der Waals surface area contributed by atoms with Crippen LogP contribution >= 0.6 is 0 Å². The van der Waals surface area contributed by atoms with E-state index in [2.05, 4.69) is 10.3 Å². The lowest BCUT2D eigenvalue weighted by Crippen LogP contribution is -2.45. The third-order valence-corrected chi connectivity index (χ3v) is 6.07. The first kappa shape index (κ1) is 19.5. The van der Waals surface area contributed by atoms with Crippen LogP contribution in [0.4, 0.5) is 4.79 Å². The molecule has 5 rings (SSSR count). The number of aromatic amines is 1. The molecule has 3 aromatic rings. The minimum atomic E-state index is -0.190. The van der Waals surface area contributed by atoms with Gasteiger partial charge in [0.15, 0.2) is 11.5 Å². The smallest absolute Gasteiger partial charge is 0.318 e. The first-order chi connectivity index (χ1) is 15.2. The second-order valence-corrected chi connectivity index (χ2v) is 8.13. The van der Waals surface area contributed by atoms with E-state index in [0.29, 0.717) is 29.1 Å². The van der Waals surface area contributed by atoms with Crippen LogP contribution in [0.2, 0.25) is 0 Å². The summed E-state index contributed by atoms with van der Waals surface area (Å²) in [4.78, 5) is 30.7. The molecular formula is C24H25N3O4. The van der Waals surface area contributed by atoms with Gasteiger partial charge in [-0.15, -0.1) is 0 Å². The molecule has 0 unspecified atom stereocenters. The zero-order chi connectivity index (χ0) is 21.2. The third kappa shape index (κ3) is 4.08. The lowest BCUT2D eigenvalue weighted by Gasteiger charge is -2.29. The van der Waals surface area contributed by atoms with Gasteiger partial charge in [0.2, 0.25) is 6.79 Å². The van der Waals surface area contributed by atoms with Crippen molar-refractivity contribution in [2.24, 2.45) is 0 Å². The molecule has 0 atom stereocenters. The Balaban J connectivity index is 1.40. The number of benzene rings is 2. The lowest BCUT2D eigenvalue weighted by molar-refractivity contribution is 0.170. The maximum atomic E-state index is 13.1. The maximum Gasteiger partial charge on any atom is 0.318 e. The van der Waals surface area contributed by atoms with Crippen molar-refractivity contribution in [2.45, 2.75) is 44.8 Å². The van der Waals surface area contributed by atoms with Gasteiger partial charge in [-0.2, -0.15) is 0 Å². The number of ether oxygens (including phenoxy) is 2. The largest absolute Gasteiger partial charge is 0.454 e. The van der Waals surface area contributed by atoms with Gasteiger partial charge in [-0.25, -0.2) is 4.79 Å². The van der Waals surface area contributed by atoms with E-state index in [0.717, 1.165) is 36.6 Å². The molecule has 2 aromatic carbocycles. The van der Waals surface area contributed by atoms with Gasteiger partial charge in [-0.05, 0) is 30.5 Å². The van der Waals surface area contributed by atoms with Crippen molar-refractivity contribution >= 4 is 16.9 Å². The van der Waals surface area contributed by atoms with Gasteiger partial charge in [0.05, 0.1) is 12.1 Å². The average Bonchev–Trinajstić information content (AvgIpc) is 3.47. The first-order valence-corrected chi connectivity index (χ1v) is 10.7. The molecule has 2 N–H and O–H groups in total. The summed E-state index contributed by atoms with van der Waals surface area (Å²) >= 11 is 0. The Morgan fingerprint density at radius 2 is 1.81 bits per heavy atom. The second-order valence-electron chi connectivity index (χ2n) is 8.13. The van der Waals surface area contributed by atoms with E-state index in [1.54, 1.807) is 6.07 Å². The molecule has 0 spiro atoms. The molecule has 1 fully saturated rings. The highest BCUT2D eigenvalue weighted by atomic mass is 16.7. The Morgan fingerprint density at radius 3 is 2.58 bits per heavy atom. The molecule has 7 nitrogen and oxygen atoms in total. The molecule has 31 heavy (non-hydrogen) atoms. The summed E-state index contributed by atoms with van der Waals surface area (Å²) in [6.07, 6.45) is 4.13. The molecule has 1 saturated carbocycles. The number of aromatic nitrogens is 1. The number of pyridine rings is 1. The number of urea groups is 1. The van der Waals surface area contributed by atoms with E-state index >= 15 is 0 Å². The normalized spacial score (nSPS) is 15.4. The lowest BCUT2D eigenvalue weighted by atomic mass is 10.1. The average molecular weight is 419 g/mol. The zero-order valence-electron chi connectivity index (χ0n) is 17.2. The number of carbonyl (C=O) groups excluding carboxylic acids is 1. The molecule has 1 aliphatic carbocycles. The first-order valence-electron chi connectivity index (χ1n) is 10.7. The molecule has 2 amide bonds. The molecule has 160 valence electrons. The third-order valence-electron chi connectivity index (χ3n) is 6.07. The molecule has 0 saturated heterocycles. The number of hydrogen-bond donors (Lipinski definition) is 2. The molecule has 1 aliphatic heterocycles. The van der Waals surface area contributed by atoms with Crippen LogP contribution < -0.4 is 20.3 Å². The number of hydrogen-bond acceptors (Lipinski definition) is 4. The van der Waals surface area contributed by atoms with E-state index in [9.17, 15) is 9.59 Å². The van der Waals surface area contributed by atoms with Crippen molar-refractivity contribution < 1.29 is 14.3 Å². The highest BCUT2D eigenvalue weighted by Gasteiger charge is 2.27. The van der Waals surface area contributed by atoms with E-state index in [1.165, 1.54) is 0 Å². The van der Waals surface area contributed by atoms with Crippen molar-refractivity contribution in [1.29, 1.82) is 0 Å². The number of nitrogens with one attached hydrogen (secondary N) is 2. The van der Waals surface area contributed by atoms with Crippen LogP contribution in [0, 0.1) is 0 Å². The summed E-state index contributed by atoms with van der Waals surface area (Å²) in [5, 5.41) is 3.88. The van der Waals surface area contributed by atoms with Crippen molar-refractivity contribution in [1.82, 2.24) is 15.2 Å². The minimum Gasteiger partial charge on any atom is -0.454 e. The van der Waals surface area contributed by atoms with Crippen molar-refractivity contribution in [3.8, 4) is 11.5 Å². The number of carbonyl (C=O) groups is 1. The van der Waals surface area contributed by atoms with Crippen molar-refractivity contribution in [3.05, 3.63) is 70.0 Å².